The maximum atomic E-state index is 10.4. The summed E-state index contributed by atoms with van der Waals surface area (Å²) in [5.74, 6) is 0. The van der Waals surface area contributed by atoms with Crippen molar-refractivity contribution >= 4 is 0 Å². The van der Waals surface area contributed by atoms with Crippen LogP contribution in [0.5, 0.6) is 0 Å². The first-order valence-electron chi connectivity index (χ1n) is 7.77. The summed E-state index contributed by atoms with van der Waals surface area (Å²) in [4.78, 5) is 4.92. The molecule has 1 heterocycles. The Kier molecular flexibility index (Phi) is 5.46. The topological polar surface area (TPSA) is 26.7 Å². The minimum atomic E-state index is -0.109. The summed E-state index contributed by atoms with van der Waals surface area (Å²) < 4.78 is 0. The average molecular weight is 254 g/mol. The fourth-order valence-electron chi connectivity index (χ4n) is 3.66. The van der Waals surface area contributed by atoms with Gasteiger partial charge in [-0.15, -0.1) is 0 Å². The molecule has 1 N–H and O–H groups in total. The van der Waals surface area contributed by atoms with E-state index in [0.717, 1.165) is 6.42 Å². The van der Waals surface area contributed by atoms with Crippen LogP contribution in [0.2, 0.25) is 0 Å². The Balaban J connectivity index is 1.93. The molecule has 0 radical (unpaired) electrons. The molecule has 1 saturated heterocycles. The van der Waals surface area contributed by atoms with Crippen molar-refractivity contribution in [2.75, 3.05) is 27.2 Å². The first-order chi connectivity index (χ1) is 8.68. The van der Waals surface area contributed by atoms with E-state index < -0.39 is 0 Å². The third-order valence-electron chi connectivity index (χ3n) is 4.89. The first-order valence-corrected chi connectivity index (χ1v) is 7.77. The second kappa shape index (κ2) is 6.88. The summed E-state index contributed by atoms with van der Waals surface area (Å²) in [6.07, 6.45) is 9.81. The van der Waals surface area contributed by atoms with Crippen LogP contribution in [0.25, 0.3) is 0 Å². The summed E-state index contributed by atoms with van der Waals surface area (Å²) in [5, 5.41) is 10.4. The monoisotopic (exact) mass is 254 g/mol. The van der Waals surface area contributed by atoms with Gasteiger partial charge in [0.2, 0.25) is 0 Å². The Hall–Kier alpha value is -0.120. The van der Waals surface area contributed by atoms with Crippen LogP contribution in [0.15, 0.2) is 0 Å². The largest absolute Gasteiger partial charge is 0.391 e. The number of likely N-dealkylation sites (N-methyl/N-ethyl adjacent to an activating group) is 2. The van der Waals surface area contributed by atoms with Gasteiger partial charge in [-0.25, -0.2) is 0 Å². The van der Waals surface area contributed by atoms with Crippen molar-refractivity contribution in [1.29, 1.82) is 0 Å². The highest BCUT2D eigenvalue weighted by molar-refractivity contribution is 4.86. The third-order valence-corrected chi connectivity index (χ3v) is 4.89. The lowest BCUT2D eigenvalue weighted by Crippen LogP contribution is -2.52. The van der Waals surface area contributed by atoms with Crippen molar-refractivity contribution in [3.8, 4) is 0 Å². The van der Waals surface area contributed by atoms with E-state index in [1.807, 2.05) is 0 Å². The number of hydrogen-bond acceptors (Lipinski definition) is 3. The van der Waals surface area contributed by atoms with Crippen molar-refractivity contribution in [3.05, 3.63) is 0 Å². The van der Waals surface area contributed by atoms with Crippen LogP contribution >= 0.6 is 0 Å². The molecule has 2 aliphatic rings. The van der Waals surface area contributed by atoms with Crippen LogP contribution in [-0.2, 0) is 0 Å². The van der Waals surface area contributed by atoms with Crippen LogP contribution in [0.1, 0.15) is 51.4 Å². The Morgan fingerprint density at radius 3 is 2.44 bits per heavy atom. The highest BCUT2D eigenvalue weighted by atomic mass is 16.3. The molecule has 1 aliphatic carbocycles. The lowest BCUT2D eigenvalue weighted by atomic mass is 9.91. The van der Waals surface area contributed by atoms with E-state index in [4.69, 9.17) is 0 Å². The maximum absolute atomic E-state index is 10.4. The fraction of sp³-hybridized carbons (Fsp3) is 1.00. The number of likely N-dealkylation sites (tertiary alicyclic amines) is 1. The van der Waals surface area contributed by atoms with Crippen LogP contribution in [0, 0.1) is 0 Å². The quantitative estimate of drug-likeness (QED) is 0.817. The second-order valence-electron chi connectivity index (χ2n) is 6.35. The van der Waals surface area contributed by atoms with E-state index in [1.165, 1.54) is 58.0 Å². The molecule has 3 atom stereocenters. The second-order valence-corrected chi connectivity index (χ2v) is 6.35. The van der Waals surface area contributed by atoms with Gasteiger partial charge in [-0.2, -0.15) is 0 Å². The third kappa shape index (κ3) is 3.69. The van der Waals surface area contributed by atoms with E-state index >= 15 is 0 Å². The molecule has 0 amide bonds. The van der Waals surface area contributed by atoms with Crippen LogP contribution < -0.4 is 0 Å². The number of nitrogens with zero attached hydrogens (tertiary/aromatic N) is 2. The molecule has 18 heavy (non-hydrogen) atoms. The molecule has 3 unspecified atom stereocenters. The fourth-order valence-corrected chi connectivity index (χ4v) is 3.66. The van der Waals surface area contributed by atoms with E-state index in [9.17, 15) is 5.11 Å². The molecule has 0 spiro atoms. The number of hydrogen-bond donors (Lipinski definition) is 1. The van der Waals surface area contributed by atoms with Gasteiger partial charge in [-0.3, -0.25) is 4.90 Å². The van der Waals surface area contributed by atoms with Gasteiger partial charge in [0.15, 0.2) is 0 Å². The number of rotatable bonds is 2. The van der Waals surface area contributed by atoms with Crippen LogP contribution in [-0.4, -0.2) is 60.3 Å². The van der Waals surface area contributed by atoms with Crippen LogP contribution in [0.3, 0.4) is 0 Å². The molecule has 0 bridgehead atoms. The van der Waals surface area contributed by atoms with Crippen molar-refractivity contribution < 1.29 is 5.11 Å². The Labute approximate surface area is 112 Å². The smallest absolute Gasteiger partial charge is 0.0695 e. The van der Waals surface area contributed by atoms with Gasteiger partial charge in [0, 0.05) is 18.6 Å². The minimum Gasteiger partial charge on any atom is -0.391 e. The van der Waals surface area contributed by atoms with E-state index in [-0.39, 0.29) is 6.10 Å². The molecule has 106 valence electrons. The van der Waals surface area contributed by atoms with Crippen LogP contribution in [0.4, 0.5) is 0 Å². The van der Waals surface area contributed by atoms with Gasteiger partial charge in [-0.05, 0) is 46.3 Å². The predicted molar refractivity (Wildman–Crippen MR) is 75.8 cm³/mol. The Morgan fingerprint density at radius 2 is 1.72 bits per heavy atom. The lowest BCUT2D eigenvalue weighted by molar-refractivity contribution is 0.00676. The summed E-state index contributed by atoms with van der Waals surface area (Å²) in [5.41, 5.74) is 0. The van der Waals surface area contributed by atoms with E-state index in [1.54, 1.807) is 0 Å². The number of aliphatic hydroxyl groups excluding tert-OH is 1. The van der Waals surface area contributed by atoms with E-state index in [2.05, 4.69) is 23.9 Å². The first kappa shape index (κ1) is 14.3. The van der Waals surface area contributed by atoms with Crippen molar-refractivity contribution in [2.45, 2.75) is 69.6 Å². The SMILES string of the molecule is CN1CCCC(N(C)C2CCCCCCC2O)C1. The molecule has 0 aromatic heterocycles. The maximum Gasteiger partial charge on any atom is 0.0695 e. The van der Waals surface area contributed by atoms with Gasteiger partial charge < -0.3 is 10.0 Å². The van der Waals surface area contributed by atoms with Crippen molar-refractivity contribution in [3.63, 3.8) is 0 Å². The molecule has 1 saturated carbocycles. The zero-order valence-electron chi connectivity index (χ0n) is 12.1. The molecule has 1 aliphatic heterocycles. The van der Waals surface area contributed by atoms with Crippen molar-refractivity contribution in [1.82, 2.24) is 9.80 Å². The van der Waals surface area contributed by atoms with Crippen molar-refractivity contribution in [2.24, 2.45) is 0 Å². The van der Waals surface area contributed by atoms with Gasteiger partial charge in [0.25, 0.3) is 0 Å². The Morgan fingerprint density at radius 1 is 1.00 bits per heavy atom. The molecular weight excluding hydrogens is 224 g/mol. The summed E-state index contributed by atoms with van der Waals surface area (Å²) >= 11 is 0. The molecule has 0 aromatic carbocycles. The normalized spacial score (nSPS) is 36.3. The van der Waals surface area contributed by atoms with Gasteiger partial charge in [0.05, 0.1) is 6.10 Å². The van der Waals surface area contributed by atoms with Gasteiger partial charge in [-0.1, -0.05) is 25.7 Å². The highest BCUT2D eigenvalue weighted by Gasteiger charge is 2.30. The summed E-state index contributed by atoms with van der Waals surface area (Å²) in [7, 11) is 4.45. The number of aliphatic hydroxyl groups is 1. The molecule has 3 nitrogen and oxygen atoms in total. The number of piperidine rings is 1. The molecule has 3 heteroatoms. The molecule has 2 rings (SSSR count). The summed E-state index contributed by atoms with van der Waals surface area (Å²) in [6, 6.07) is 1.03. The Bertz CT molecular complexity index is 247. The standard InChI is InChI=1S/C15H30N2O/c1-16-11-7-8-13(12-16)17(2)14-9-5-3-4-6-10-15(14)18/h13-15,18H,3-12H2,1-2H3. The molecule has 2 fully saturated rings. The predicted octanol–water partition coefficient (Wildman–Crippen LogP) is 2.10. The van der Waals surface area contributed by atoms with Gasteiger partial charge >= 0.3 is 0 Å². The molecule has 0 aromatic rings. The molecular formula is C15H30N2O. The minimum absolute atomic E-state index is 0.109. The summed E-state index contributed by atoms with van der Waals surface area (Å²) in [6.45, 7) is 2.40. The average Bonchev–Trinajstić information content (AvgIpc) is 2.34. The van der Waals surface area contributed by atoms with E-state index in [0.29, 0.717) is 12.1 Å². The van der Waals surface area contributed by atoms with Gasteiger partial charge in [0.1, 0.15) is 0 Å². The highest BCUT2D eigenvalue weighted by Crippen LogP contribution is 2.25. The zero-order chi connectivity index (χ0) is 13.0. The lowest BCUT2D eigenvalue weighted by Gasteiger charge is -2.42. The zero-order valence-corrected chi connectivity index (χ0v) is 12.1.